The van der Waals surface area contributed by atoms with Crippen LogP contribution in [0.5, 0.6) is 0 Å². The molecule has 3 fully saturated rings. The Bertz CT molecular complexity index is 1370. The van der Waals surface area contributed by atoms with E-state index in [1.807, 2.05) is 13.0 Å². The molecule has 37 heavy (non-hydrogen) atoms. The smallest absolute Gasteiger partial charge is 0.407 e. The number of carbonyl (C=O) groups is 1. The minimum atomic E-state index is -3.96. The van der Waals surface area contributed by atoms with Crippen LogP contribution in [0.4, 0.5) is 25.1 Å². The summed E-state index contributed by atoms with van der Waals surface area (Å²) in [7, 11) is -2.56. The van der Waals surface area contributed by atoms with Gasteiger partial charge in [0.15, 0.2) is 5.82 Å². The van der Waals surface area contributed by atoms with Gasteiger partial charge in [-0.1, -0.05) is 12.1 Å². The fourth-order valence-electron chi connectivity index (χ4n) is 5.94. The van der Waals surface area contributed by atoms with E-state index >= 15 is 0 Å². The van der Waals surface area contributed by atoms with Crippen molar-refractivity contribution in [2.45, 2.75) is 25.8 Å². The SMILES string of the molecule is Cc1ccc(CN2C[C@@H]3CN(C(=O)O)C[C@@H]3C2)cc1-c1ccc2c(n1)N(C)S(=O)(=O)N2CC1CC1(F)F. The van der Waals surface area contributed by atoms with Gasteiger partial charge < -0.3 is 10.0 Å². The van der Waals surface area contributed by atoms with Crippen LogP contribution in [0.15, 0.2) is 30.3 Å². The van der Waals surface area contributed by atoms with E-state index in [-0.39, 0.29) is 18.8 Å². The highest BCUT2D eigenvalue weighted by atomic mass is 32.2. The number of amides is 1. The first kappa shape index (κ1) is 24.4. The molecule has 2 aromatic rings. The standard InChI is InChI=1S/C25H29F2N5O4S/c1-15-3-4-16(9-30-10-17-12-31(24(33)34)13-18(17)11-30)7-20(15)21-5-6-22-23(28-21)29(2)37(35,36)32(22)14-19-8-25(19,26)27/h3-7,17-19H,8-14H2,1-2H3,(H,33,34)/t17-,18+,19?. The molecule has 198 valence electrons. The fourth-order valence-corrected chi connectivity index (χ4v) is 7.34. The Hall–Kier alpha value is -2.99. The van der Waals surface area contributed by atoms with Crippen molar-refractivity contribution in [1.82, 2.24) is 14.8 Å². The van der Waals surface area contributed by atoms with Crippen LogP contribution < -0.4 is 8.61 Å². The van der Waals surface area contributed by atoms with Gasteiger partial charge in [-0.25, -0.2) is 27.2 Å². The molecule has 2 saturated heterocycles. The van der Waals surface area contributed by atoms with Gasteiger partial charge in [0.25, 0.3) is 5.92 Å². The Balaban J connectivity index is 1.22. The summed E-state index contributed by atoms with van der Waals surface area (Å²) in [6.07, 6.45) is -1.15. The first-order chi connectivity index (χ1) is 17.4. The molecule has 4 aliphatic rings. The maximum absolute atomic E-state index is 13.5. The molecule has 3 aliphatic heterocycles. The lowest BCUT2D eigenvalue weighted by atomic mass is 10.0. The number of pyridine rings is 1. The summed E-state index contributed by atoms with van der Waals surface area (Å²) in [4.78, 5) is 19.8. The molecule has 1 aromatic carbocycles. The molecule has 1 unspecified atom stereocenters. The highest BCUT2D eigenvalue weighted by Gasteiger charge is 2.59. The zero-order chi connectivity index (χ0) is 26.3. The van der Waals surface area contributed by atoms with Crippen molar-refractivity contribution in [3.05, 3.63) is 41.5 Å². The molecular weight excluding hydrogens is 504 g/mol. The summed E-state index contributed by atoms with van der Waals surface area (Å²) >= 11 is 0. The van der Waals surface area contributed by atoms with Gasteiger partial charge in [0.05, 0.1) is 11.4 Å². The predicted molar refractivity (Wildman–Crippen MR) is 134 cm³/mol. The van der Waals surface area contributed by atoms with Crippen molar-refractivity contribution in [3.8, 4) is 11.3 Å². The molecule has 3 atom stereocenters. The van der Waals surface area contributed by atoms with Crippen molar-refractivity contribution >= 4 is 27.8 Å². The van der Waals surface area contributed by atoms with Crippen LogP contribution in [-0.4, -0.2) is 80.1 Å². The molecule has 6 rings (SSSR count). The number of anilines is 2. The lowest BCUT2D eigenvalue weighted by Crippen LogP contribution is -2.37. The second kappa shape index (κ2) is 8.26. The largest absolute Gasteiger partial charge is 0.465 e. The zero-order valence-electron chi connectivity index (χ0n) is 20.6. The Kier molecular flexibility index (Phi) is 5.43. The van der Waals surface area contributed by atoms with Crippen LogP contribution in [-0.2, 0) is 16.8 Å². The third kappa shape index (κ3) is 4.10. The molecule has 9 nitrogen and oxygen atoms in total. The first-order valence-corrected chi connectivity index (χ1v) is 13.8. The van der Waals surface area contributed by atoms with Crippen molar-refractivity contribution in [3.63, 3.8) is 0 Å². The Morgan fingerprint density at radius 1 is 1.14 bits per heavy atom. The Labute approximate surface area is 214 Å². The van der Waals surface area contributed by atoms with E-state index in [4.69, 9.17) is 0 Å². The average molecular weight is 534 g/mol. The number of hydrogen-bond acceptors (Lipinski definition) is 5. The van der Waals surface area contributed by atoms with Gasteiger partial charge in [0, 0.05) is 64.2 Å². The highest BCUT2D eigenvalue weighted by molar-refractivity contribution is 7.94. The molecule has 1 saturated carbocycles. The van der Waals surface area contributed by atoms with Crippen LogP contribution in [0.2, 0.25) is 0 Å². The minimum absolute atomic E-state index is 0.238. The van der Waals surface area contributed by atoms with Gasteiger partial charge in [-0.3, -0.25) is 4.90 Å². The average Bonchev–Trinajstić information content (AvgIpc) is 3.11. The Morgan fingerprint density at radius 2 is 1.81 bits per heavy atom. The van der Waals surface area contributed by atoms with E-state index in [0.717, 1.165) is 44.9 Å². The monoisotopic (exact) mass is 533 g/mol. The zero-order valence-corrected chi connectivity index (χ0v) is 21.5. The number of carboxylic acid groups (broad SMARTS) is 1. The van der Waals surface area contributed by atoms with Crippen molar-refractivity contribution in [2.24, 2.45) is 17.8 Å². The summed E-state index contributed by atoms with van der Waals surface area (Å²) in [5.74, 6) is -2.84. The fraction of sp³-hybridized carbons (Fsp3) is 0.520. The number of halogens is 2. The molecule has 1 aromatic heterocycles. The normalized spacial score (nSPS) is 27.5. The molecule has 1 amide bonds. The number of likely N-dealkylation sites (tertiary alicyclic amines) is 2. The molecule has 1 aliphatic carbocycles. The van der Waals surface area contributed by atoms with Gasteiger partial charge in [0.2, 0.25) is 0 Å². The topological polar surface area (TPSA) is 97.3 Å². The van der Waals surface area contributed by atoms with Crippen LogP contribution in [0, 0.1) is 24.7 Å². The third-order valence-electron chi connectivity index (χ3n) is 8.20. The molecule has 0 spiro atoms. The van der Waals surface area contributed by atoms with Crippen molar-refractivity contribution in [1.29, 1.82) is 0 Å². The number of rotatable bonds is 5. The quantitative estimate of drug-likeness (QED) is 0.634. The molecule has 1 N–H and O–H groups in total. The number of benzene rings is 1. The number of hydrogen-bond donors (Lipinski definition) is 1. The summed E-state index contributed by atoms with van der Waals surface area (Å²) in [5.41, 5.74) is 3.91. The van der Waals surface area contributed by atoms with Crippen LogP contribution in [0.25, 0.3) is 11.3 Å². The van der Waals surface area contributed by atoms with Crippen LogP contribution >= 0.6 is 0 Å². The highest BCUT2D eigenvalue weighted by Crippen LogP contribution is 2.51. The van der Waals surface area contributed by atoms with Crippen LogP contribution in [0.3, 0.4) is 0 Å². The second-order valence-electron chi connectivity index (χ2n) is 10.8. The summed E-state index contributed by atoms with van der Waals surface area (Å²) in [5, 5.41) is 9.25. The minimum Gasteiger partial charge on any atom is -0.465 e. The van der Waals surface area contributed by atoms with Crippen LogP contribution in [0.1, 0.15) is 17.5 Å². The maximum atomic E-state index is 13.5. The maximum Gasteiger partial charge on any atom is 0.407 e. The van der Waals surface area contributed by atoms with Gasteiger partial charge in [-0.05, 0) is 48.1 Å². The van der Waals surface area contributed by atoms with E-state index < -0.39 is 28.1 Å². The van der Waals surface area contributed by atoms with E-state index in [1.54, 1.807) is 12.1 Å². The lowest BCUT2D eigenvalue weighted by Gasteiger charge is -2.20. The number of fused-ring (bicyclic) bond motifs is 2. The number of alkyl halides is 2. The van der Waals surface area contributed by atoms with Gasteiger partial charge in [0.1, 0.15) is 0 Å². The lowest BCUT2D eigenvalue weighted by molar-refractivity contribution is 0.101. The van der Waals surface area contributed by atoms with E-state index in [1.165, 1.54) is 11.9 Å². The Morgan fingerprint density at radius 3 is 2.43 bits per heavy atom. The van der Waals surface area contributed by atoms with Crippen molar-refractivity contribution in [2.75, 3.05) is 48.4 Å². The predicted octanol–water partition coefficient (Wildman–Crippen LogP) is 3.25. The second-order valence-corrected chi connectivity index (χ2v) is 12.6. The number of aryl methyl sites for hydroxylation is 1. The molecule has 4 heterocycles. The summed E-state index contributed by atoms with van der Waals surface area (Å²) in [6, 6.07) is 9.55. The van der Waals surface area contributed by atoms with Gasteiger partial charge >= 0.3 is 16.3 Å². The molecule has 12 heteroatoms. The molecule has 0 radical (unpaired) electrons. The summed E-state index contributed by atoms with van der Waals surface area (Å²) < 4.78 is 55.1. The van der Waals surface area contributed by atoms with E-state index in [2.05, 4.69) is 22.0 Å². The van der Waals surface area contributed by atoms with E-state index in [9.17, 15) is 27.1 Å². The first-order valence-electron chi connectivity index (χ1n) is 12.4. The number of aromatic nitrogens is 1. The van der Waals surface area contributed by atoms with Gasteiger partial charge in [-0.2, -0.15) is 8.42 Å². The molecule has 0 bridgehead atoms. The van der Waals surface area contributed by atoms with Crippen molar-refractivity contribution < 1.29 is 27.1 Å². The van der Waals surface area contributed by atoms with Gasteiger partial charge in [-0.15, -0.1) is 0 Å². The third-order valence-corrected chi connectivity index (χ3v) is 9.97. The van der Waals surface area contributed by atoms with E-state index in [0.29, 0.717) is 36.3 Å². The molecular formula is C25H29F2N5O4S. The number of nitrogens with zero attached hydrogens (tertiary/aromatic N) is 5. The summed E-state index contributed by atoms with van der Waals surface area (Å²) in [6.45, 7) is 5.32.